The number of hydrogen-bond acceptors (Lipinski definition) is 6. The van der Waals surface area contributed by atoms with Crippen molar-refractivity contribution < 1.29 is 23.4 Å². The fourth-order valence-electron chi connectivity index (χ4n) is 4.10. The predicted octanol–water partition coefficient (Wildman–Crippen LogP) is 5.22. The second-order valence-electron chi connectivity index (χ2n) is 8.22. The van der Waals surface area contributed by atoms with Gasteiger partial charge in [0.25, 0.3) is 0 Å². The number of ether oxygens (including phenoxy) is 3. The van der Waals surface area contributed by atoms with Gasteiger partial charge in [-0.05, 0) is 35.9 Å². The number of methoxy groups -OCH3 is 2. The molecular formula is C27H31Cl2FN2O4. The molecule has 0 spiro atoms. The van der Waals surface area contributed by atoms with Crippen LogP contribution < -0.4 is 14.2 Å². The van der Waals surface area contributed by atoms with E-state index < -0.39 is 5.97 Å². The van der Waals surface area contributed by atoms with Crippen molar-refractivity contribution in [3.8, 4) is 17.2 Å². The van der Waals surface area contributed by atoms with E-state index in [1.54, 1.807) is 31.4 Å². The van der Waals surface area contributed by atoms with Crippen LogP contribution in [-0.4, -0.2) is 56.2 Å². The van der Waals surface area contributed by atoms with Crippen LogP contribution in [0.1, 0.15) is 21.5 Å². The molecule has 0 unspecified atom stereocenters. The number of piperazine rings is 1. The predicted molar refractivity (Wildman–Crippen MR) is 142 cm³/mol. The van der Waals surface area contributed by atoms with Crippen molar-refractivity contribution in [1.29, 1.82) is 0 Å². The normalized spacial score (nSPS) is 13.8. The van der Waals surface area contributed by atoms with Crippen molar-refractivity contribution in [3.05, 3.63) is 89.2 Å². The number of hydrogen-bond donors (Lipinski definition) is 0. The fourth-order valence-corrected chi connectivity index (χ4v) is 4.10. The molecule has 0 aliphatic carbocycles. The maximum Gasteiger partial charge on any atom is 0.343 e. The maximum atomic E-state index is 13.2. The number of nitrogens with zero attached hydrogens (tertiary/aromatic N) is 2. The molecule has 1 aliphatic rings. The minimum Gasteiger partial charge on any atom is -0.493 e. The monoisotopic (exact) mass is 536 g/mol. The highest BCUT2D eigenvalue weighted by Gasteiger charge is 2.24. The molecular weight excluding hydrogens is 506 g/mol. The Labute approximate surface area is 223 Å². The zero-order chi connectivity index (χ0) is 23.9. The molecule has 36 heavy (non-hydrogen) atoms. The van der Waals surface area contributed by atoms with E-state index in [2.05, 4.69) is 9.80 Å². The molecule has 6 nitrogen and oxygen atoms in total. The highest BCUT2D eigenvalue weighted by atomic mass is 35.5. The van der Waals surface area contributed by atoms with Crippen LogP contribution in [0.3, 0.4) is 0 Å². The van der Waals surface area contributed by atoms with Crippen LogP contribution in [0, 0.1) is 5.82 Å². The molecule has 3 aromatic carbocycles. The van der Waals surface area contributed by atoms with E-state index in [1.807, 2.05) is 30.3 Å². The van der Waals surface area contributed by atoms with E-state index in [0.29, 0.717) is 29.4 Å². The van der Waals surface area contributed by atoms with Gasteiger partial charge in [0.2, 0.25) is 5.75 Å². The van der Waals surface area contributed by atoms with Gasteiger partial charge in [-0.25, -0.2) is 9.18 Å². The first kappa shape index (κ1) is 29.4. The highest BCUT2D eigenvalue weighted by molar-refractivity contribution is 5.91. The lowest BCUT2D eigenvalue weighted by Crippen LogP contribution is -2.45. The third-order valence-electron chi connectivity index (χ3n) is 5.96. The SMILES string of the molecule is COc1ccc(CN2CCN(Cc3ccc(F)cc3)CC2)c(OC(=O)c2ccccc2)c1OC.Cl.Cl. The quantitative estimate of drug-likeness (QED) is 0.290. The summed E-state index contributed by atoms with van der Waals surface area (Å²) in [6.07, 6.45) is 0. The lowest BCUT2D eigenvalue weighted by atomic mass is 10.1. The van der Waals surface area contributed by atoms with Crippen LogP contribution in [0.5, 0.6) is 17.2 Å². The third kappa shape index (κ3) is 7.34. The standard InChI is InChI=1S/C27H29FN2O4.2ClH/c1-32-24-13-10-22(25(26(24)33-2)34-27(31)21-6-4-3-5-7-21)19-30-16-14-29(15-17-30)18-20-8-11-23(28)12-9-20;;/h3-13H,14-19H2,1-2H3;2*1H. The smallest absolute Gasteiger partial charge is 0.343 e. The van der Waals surface area contributed by atoms with Crippen LogP contribution >= 0.6 is 24.8 Å². The minimum absolute atomic E-state index is 0. The topological polar surface area (TPSA) is 51.2 Å². The lowest BCUT2D eigenvalue weighted by Gasteiger charge is -2.35. The first-order valence-electron chi connectivity index (χ1n) is 11.3. The zero-order valence-corrected chi connectivity index (χ0v) is 21.9. The largest absolute Gasteiger partial charge is 0.493 e. The number of rotatable bonds is 8. The van der Waals surface area contributed by atoms with Crippen molar-refractivity contribution in [2.45, 2.75) is 13.1 Å². The number of halogens is 3. The molecule has 0 N–H and O–H groups in total. The van der Waals surface area contributed by atoms with Crippen molar-refractivity contribution in [3.63, 3.8) is 0 Å². The number of benzene rings is 3. The lowest BCUT2D eigenvalue weighted by molar-refractivity contribution is 0.0723. The number of carbonyl (C=O) groups excluding carboxylic acids is 1. The summed E-state index contributed by atoms with van der Waals surface area (Å²) in [7, 11) is 3.09. The van der Waals surface area contributed by atoms with Crippen LogP contribution in [0.15, 0.2) is 66.7 Å². The Hall–Kier alpha value is -2.84. The molecule has 1 heterocycles. The average molecular weight is 537 g/mol. The molecule has 0 saturated carbocycles. The van der Waals surface area contributed by atoms with Gasteiger partial charge in [-0.1, -0.05) is 36.4 Å². The Morgan fingerprint density at radius 1 is 0.778 bits per heavy atom. The molecule has 1 saturated heterocycles. The average Bonchev–Trinajstić information content (AvgIpc) is 2.87. The Morgan fingerprint density at radius 2 is 1.39 bits per heavy atom. The zero-order valence-electron chi connectivity index (χ0n) is 20.3. The molecule has 4 rings (SSSR count). The molecule has 0 amide bonds. The van der Waals surface area contributed by atoms with Crippen molar-refractivity contribution in [2.75, 3.05) is 40.4 Å². The minimum atomic E-state index is -0.447. The van der Waals surface area contributed by atoms with Crippen molar-refractivity contribution >= 4 is 30.8 Å². The van der Waals surface area contributed by atoms with Gasteiger partial charge in [-0.15, -0.1) is 24.8 Å². The van der Waals surface area contributed by atoms with Crippen LogP contribution in [0.25, 0.3) is 0 Å². The van der Waals surface area contributed by atoms with Crippen LogP contribution in [-0.2, 0) is 13.1 Å². The van der Waals surface area contributed by atoms with Gasteiger partial charge in [-0.2, -0.15) is 0 Å². The Bertz CT molecular complexity index is 1110. The van der Waals surface area contributed by atoms with E-state index in [0.717, 1.165) is 43.9 Å². The summed E-state index contributed by atoms with van der Waals surface area (Å²) in [5, 5.41) is 0. The van der Waals surface area contributed by atoms with Gasteiger partial charge in [-0.3, -0.25) is 9.80 Å². The number of esters is 1. The molecule has 0 aromatic heterocycles. The number of carbonyl (C=O) groups is 1. The Morgan fingerprint density at radius 3 is 1.97 bits per heavy atom. The van der Waals surface area contributed by atoms with E-state index in [4.69, 9.17) is 14.2 Å². The Balaban J connectivity index is 0.00000228. The van der Waals surface area contributed by atoms with E-state index in [9.17, 15) is 9.18 Å². The summed E-state index contributed by atoms with van der Waals surface area (Å²) >= 11 is 0. The summed E-state index contributed by atoms with van der Waals surface area (Å²) < 4.78 is 30.0. The van der Waals surface area contributed by atoms with Gasteiger partial charge in [0.1, 0.15) is 5.82 Å². The maximum absolute atomic E-state index is 13.2. The van der Waals surface area contributed by atoms with Gasteiger partial charge in [0.15, 0.2) is 11.5 Å². The molecule has 0 atom stereocenters. The molecule has 1 aliphatic heterocycles. The molecule has 0 bridgehead atoms. The van der Waals surface area contributed by atoms with Gasteiger partial charge in [0, 0.05) is 44.8 Å². The molecule has 3 aromatic rings. The van der Waals surface area contributed by atoms with Crippen molar-refractivity contribution in [2.24, 2.45) is 0 Å². The van der Waals surface area contributed by atoms with Gasteiger partial charge >= 0.3 is 5.97 Å². The van der Waals surface area contributed by atoms with Gasteiger partial charge < -0.3 is 14.2 Å². The Kier molecular flexibility index (Phi) is 11.5. The summed E-state index contributed by atoms with van der Waals surface area (Å²) in [5.74, 6) is 0.625. The highest BCUT2D eigenvalue weighted by Crippen LogP contribution is 2.41. The molecule has 1 fully saturated rings. The van der Waals surface area contributed by atoms with Gasteiger partial charge in [0.05, 0.1) is 19.8 Å². The molecule has 194 valence electrons. The summed E-state index contributed by atoms with van der Waals surface area (Å²) in [6, 6.07) is 19.3. The van der Waals surface area contributed by atoms with Crippen molar-refractivity contribution in [1.82, 2.24) is 9.80 Å². The van der Waals surface area contributed by atoms with E-state index in [1.165, 1.54) is 19.2 Å². The molecule has 9 heteroatoms. The second kappa shape index (κ2) is 14.0. The second-order valence-corrected chi connectivity index (χ2v) is 8.22. The summed E-state index contributed by atoms with van der Waals surface area (Å²) in [6.45, 7) is 4.92. The first-order chi connectivity index (χ1) is 16.6. The van der Waals surface area contributed by atoms with Crippen LogP contribution in [0.2, 0.25) is 0 Å². The summed E-state index contributed by atoms with van der Waals surface area (Å²) in [4.78, 5) is 17.5. The third-order valence-corrected chi connectivity index (χ3v) is 5.96. The van der Waals surface area contributed by atoms with E-state index in [-0.39, 0.29) is 30.6 Å². The fraction of sp³-hybridized carbons (Fsp3) is 0.296. The first-order valence-corrected chi connectivity index (χ1v) is 11.3. The van der Waals surface area contributed by atoms with E-state index >= 15 is 0 Å². The molecule has 0 radical (unpaired) electrons. The van der Waals surface area contributed by atoms with Crippen LogP contribution in [0.4, 0.5) is 4.39 Å². The summed E-state index contributed by atoms with van der Waals surface area (Å²) in [5.41, 5.74) is 2.42.